The summed E-state index contributed by atoms with van der Waals surface area (Å²) >= 11 is 0. The maximum atomic E-state index is 13.4. The van der Waals surface area contributed by atoms with Gasteiger partial charge in [-0.25, -0.2) is 4.98 Å². The van der Waals surface area contributed by atoms with E-state index in [1.54, 1.807) is 25.3 Å². The number of pyridine rings is 2. The van der Waals surface area contributed by atoms with Crippen LogP contribution in [0.25, 0.3) is 11.1 Å². The highest BCUT2D eigenvalue weighted by Crippen LogP contribution is 2.37. The van der Waals surface area contributed by atoms with Crippen molar-refractivity contribution in [1.29, 1.82) is 0 Å². The molecule has 3 nitrogen and oxygen atoms in total. The maximum absolute atomic E-state index is 13.4. The number of hydrogen-bond donors (Lipinski definition) is 0. The van der Waals surface area contributed by atoms with Crippen LogP contribution >= 0.6 is 0 Å². The minimum absolute atomic E-state index is 0.158. The Balaban J connectivity index is 2.29. The lowest BCUT2D eigenvalue weighted by Crippen LogP contribution is -2.15. The number of alkyl halides is 3. The topological polar surface area (TPSA) is 35.0 Å². The average Bonchev–Trinajstić information content (AvgIpc) is 2.51. The molecule has 2 heterocycles. The highest BCUT2D eigenvalue weighted by Gasteiger charge is 2.36. The van der Waals surface area contributed by atoms with E-state index < -0.39 is 11.7 Å². The van der Waals surface area contributed by atoms with Crippen LogP contribution in [0, 0.1) is 18.8 Å². The molecule has 0 amide bonds. The molecule has 0 saturated carbocycles. The molecule has 0 aliphatic carbocycles. The summed E-state index contributed by atoms with van der Waals surface area (Å²) in [6.45, 7) is 8.10. The highest BCUT2D eigenvalue weighted by atomic mass is 19.4. The molecule has 6 heteroatoms. The van der Waals surface area contributed by atoms with E-state index in [0.717, 1.165) is 18.2 Å². The SMILES string of the molecule is Cc1cc(-c2cnc(OC[C@@H](C)CC(C)C)c(C(F)(F)F)c2)ccn1. The van der Waals surface area contributed by atoms with Gasteiger partial charge in [-0.1, -0.05) is 20.8 Å². The zero-order chi connectivity index (χ0) is 18.6. The van der Waals surface area contributed by atoms with Gasteiger partial charge >= 0.3 is 6.18 Å². The third-order valence-corrected chi connectivity index (χ3v) is 3.76. The Kier molecular flexibility index (Phi) is 6.03. The summed E-state index contributed by atoms with van der Waals surface area (Å²) in [4.78, 5) is 8.00. The lowest BCUT2D eigenvalue weighted by atomic mass is 10.00. The lowest BCUT2D eigenvalue weighted by molar-refractivity contribution is -0.139. The van der Waals surface area contributed by atoms with E-state index >= 15 is 0 Å². The molecule has 0 aromatic carbocycles. The summed E-state index contributed by atoms with van der Waals surface area (Å²) in [5.74, 6) is 0.258. The summed E-state index contributed by atoms with van der Waals surface area (Å²) in [5, 5.41) is 0. The van der Waals surface area contributed by atoms with Gasteiger partial charge in [-0.2, -0.15) is 13.2 Å². The number of aromatic nitrogens is 2. The molecule has 2 aromatic heterocycles. The van der Waals surface area contributed by atoms with Crippen molar-refractivity contribution in [2.45, 2.75) is 40.3 Å². The minimum atomic E-state index is -4.53. The largest absolute Gasteiger partial charge is 0.477 e. The van der Waals surface area contributed by atoms with Crippen LogP contribution in [0.5, 0.6) is 5.88 Å². The van der Waals surface area contributed by atoms with Gasteiger partial charge in [0.25, 0.3) is 0 Å². The number of nitrogens with zero attached hydrogens (tertiary/aromatic N) is 2. The van der Waals surface area contributed by atoms with Gasteiger partial charge in [0.05, 0.1) is 6.61 Å². The van der Waals surface area contributed by atoms with Crippen LogP contribution in [0.2, 0.25) is 0 Å². The van der Waals surface area contributed by atoms with E-state index in [9.17, 15) is 13.2 Å². The van der Waals surface area contributed by atoms with E-state index in [1.807, 2.05) is 6.92 Å². The average molecular weight is 352 g/mol. The quantitative estimate of drug-likeness (QED) is 0.685. The summed E-state index contributed by atoms with van der Waals surface area (Å²) < 4.78 is 45.7. The van der Waals surface area contributed by atoms with Gasteiger partial charge in [0, 0.05) is 23.7 Å². The molecule has 1 atom stereocenters. The van der Waals surface area contributed by atoms with Crippen LogP contribution in [-0.2, 0) is 6.18 Å². The first-order valence-electron chi connectivity index (χ1n) is 8.30. The van der Waals surface area contributed by atoms with Crippen molar-refractivity contribution in [3.8, 4) is 17.0 Å². The van der Waals surface area contributed by atoms with Crippen molar-refractivity contribution in [3.05, 3.63) is 41.9 Å². The Hall–Kier alpha value is -2.11. The minimum Gasteiger partial charge on any atom is -0.477 e. The normalized spacial score (nSPS) is 13.1. The molecule has 2 rings (SSSR count). The van der Waals surface area contributed by atoms with Gasteiger partial charge in [-0.15, -0.1) is 0 Å². The Morgan fingerprint density at radius 1 is 1.08 bits per heavy atom. The van der Waals surface area contributed by atoms with Gasteiger partial charge in [0.15, 0.2) is 0 Å². The first-order valence-corrected chi connectivity index (χ1v) is 8.30. The monoisotopic (exact) mass is 352 g/mol. The molecule has 0 unspecified atom stereocenters. The van der Waals surface area contributed by atoms with Gasteiger partial charge in [-0.05, 0) is 48.9 Å². The zero-order valence-corrected chi connectivity index (χ0v) is 14.9. The second kappa shape index (κ2) is 7.85. The predicted octanol–water partition coefficient (Wildman–Crippen LogP) is 5.53. The Labute approximate surface area is 146 Å². The zero-order valence-electron chi connectivity index (χ0n) is 14.9. The first kappa shape index (κ1) is 19.2. The van der Waals surface area contributed by atoms with E-state index in [4.69, 9.17) is 4.74 Å². The number of aryl methyl sites for hydroxylation is 1. The summed E-state index contributed by atoms with van der Waals surface area (Å²) in [6, 6.07) is 4.47. The fourth-order valence-electron chi connectivity index (χ4n) is 2.75. The van der Waals surface area contributed by atoms with Crippen molar-refractivity contribution in [3.63, 3.8) is 0 Å². The van der Waals surface area contributed by atoms with Crippen LogP contribution in [0.1, 0.15) is 38.4 Å². The van der Waals surface area contributed by atoms with Crippen LogP contribution in [-0.4, -0.2) is 16.6 Å². The molecular formula is C19H23F3N2O. The second-order valence-electron chi connectivity index (χ2n) is 6.81. The van der Waals surface area contributed by atoms with Crippen molar-refractivity contribution in [2.24, 2.45) is 11.8 Å². The standard InChI is InChI=1S/C19H23F3N2O/c1-12(2)7-13(3)11-25-18-17(19(20,21)22)9-16(10-24-18)15-5-6-23-14(4)8-15/h5-6,8-10,12-13H,7,11H2,1-4H3/t13-/m0/s1. The summed E-state index contributed by atoms with van der Waals surface area (Å²) in [5.41, 5.74) is 0.913. The number of rotatable bonds is 6. The molecule has 0 aliphatic heterocycles. The van der Waals surface area contributed by atoms with E-state index in [0.29, 0.717) is 17.0 Å². The maximum Gasteiger partial charge on any atom is 0.421 e. The number of hydrogen-bond acceptors (Lipinski definition) is 3. The third-order valence-electron chi connectivity index (χ3n) is 3.76. The molecule has 0 saturated heterocycles. The van der Waals surface area contributed by atoms with Gasteiger partial charge in [0.1, 0.15) is 5.56 Å². The van der Waals surface area contributed by atoms with Crippen LogP contribution in [0.15, 0.2) is 30.6 Å². The number of ether oxygens (including phenoxy) is 1. The van der Waals surface area contributed by atoms with Crippen molar-refractivity contribution >= 4 is 0 Å². The van der Waals surface area contributed by atoms with E-state index in [2.05, 4.69) is 23.8 Å². The summed E-state index contributed by atoms with van der Waals surface area (Å²) in [7, 11) is 0. The summed E-state index contributed by atoms with van der Waals surface area (Å²) in [6.07, 6.45) is -0.667. The van der Waals surface area contributed by atoms with Crippen molar-refractivity contribution in [2.75, 3.05) is 6.61 Å². The molecule has 25 heavy (non-hydrogen) atoms. The van der Waals surface area contributed by atoms with Crippen LogP contribution < -0.4 is 4.74 Å². The predicted molar refractivity (Wildman–Crippen MR) is 91.3 cm³/mol. The van der Waals surface area contributed by atoms with Crippen LogP contribution in [0.4, 0.5) is 13.2 Å². The number of halogens is 3. The van der Waals surface area contributed by atoms with Gasteiger partial charge in [-0.3, -0.25) is 4.98 Å². The Bertz CT molecular complexity index is 714. The van der Waals surface area contributed by atoms with Gasteiger partial charge in [0.2, 0.25) is 5.88 Å². The van der Waals surface area contributed by atoms with Gasteiger partial charge < -0.3 is 4.74 Å². The molecule has 0 radical (unpaired) electrons. The molecule has 0 fully saturated rings. The van der Waals surface area contributed by atoms with Crippen molar-refractivity contribution in [1.82, 2.24) is 9.97 Å². The highest BCUT2D eigenvalue weighted by molar-refractivity contribution is 5.64. The Morgan fingerprint density at radius 2 is 1.80 bits per heavy atom. The molecule has 0 aliphatic rings. The third kappa shape index (κ3) is 5.44. The molecule has 0 spiro atoms. The van der Waals surface area contributed by atoms with E-state index in [-0.39, 0.29) is 18.4 Å². The first-order chi connectivity index (χ1) is 11.7. The molecule has 0 N–H and O–H groups in total. The van der Waals surface area contributed by atoms with Crippen molar-refractivity contribution < 1.29 is 17.9 Å². The molecular weight excluding hydrogens is 329 g/mol. The fourth-order valence-corrected chi connectivity index (χ4v) is 2.75. The lowest BCUT2D eigenvalue weighted by Gasteiger charge is -2.18. The molecule has 0 bridgehead atoms. The second-order valence-corrected chi connectivity index (χ2v) is 6.81. The van der Waals surface area contributed by atoms with Crippen LogP contribution in [0.3, 0.4) is 0 Å². The smallest absolute Gasteiger partial charge is 0.421 e. The molecule has 2 aromatic rings. The molecule has 136 valence electrons. The Morgan fingerprint density at radius 3 is 2.40 bits per heavy atom. The fraction of sp³-hybridized carbons (Fsp3) is 0.474. The van der Waals surface area contributed by atoms with E-state index in [1.165, 1.54) is 6.20 Å².